The number of likely N-dealkylation sites (tertiary alicyclic amines) is 1. The van der Waals surface area contributed by atoms with Crippen LogP contribution in [-0.2, 0) is 16.1 Å². The summed E-state index contributed by atoms with van der Waals surface area (Å²) in [7, 11) is 0. The van der Waals surface area contributed by atoms with Gasteiger partial charge in [0.15, 0.2) is 0 Å². The van der Waals surface area contributed by atoms with Crippen molar-refractivity contribution in [2.45, 2.75) is 39.5 Å². The number of phenolic OH excluding ortho intramolecular Hbond substituents is 1. The fourth-order valence-electron chi connectivity index (χ4n) is 4.05. The van der Waals surface area contributed by atoms with Gasteiger partial charge >= 0.3 is 0 Å². The topological polar surface area (TPSA) is 100.0 Å². The van der Waals surface area contributed by atoms with Gasteiger partial charge in [0, 0.05) is 11.8 Å². The van der Waals surface area contributed by atoms with Crippen molar-refractivity contribution >= 4 is 17.4 Å². The first-order valence-corrected chi connectivity index (χ1v) is 11.0. The van der Waals surface area contributed by atoms with Crippen LogP contribution >= 0.6 is 0 Å². The Hall–Kier alpha value is -4.13. The summed E-state index contributed by atoms with van der Waals surface area (Å²) in [6, 6.07) is 15.9. The second-order valence-corrected chi connectivity index (χ2v) is 8.49. The second kappa shape index (κ2) is 9.39. The largest absolute Gasteiger partial charge is 0.508 e. The van der Waals surface area contributed by atoms with Crippen LogP contribution in [0.15, 0.2) is 72.4 Å². The lowest BCUT2D eigenvalue weighted by Gasteiger charge is -2.25. The Morgan fingerprint density at radius 2 is 1.82 bits per heavy atom. The van der Waals surface area contributed by atoms with Gasteiger partial charge in [0.2, 0.25) is 0 Å². The molecule has 1 fully saturated rings. The van der Waals surface area contributed by atoms with Crippen molar-refractivity contribution in [3.63, 3.8) is 0 Å². The molecule has 1 amide bonds. The normalized spacial score (nSPS) is 17.4. The van der Waals surface area contributed by atoms with Crippen LogP contribution in [0.5, 0.6) is 11.5 Å². The van der Waals surface area contributed by atoms with Crippen LogP contribution in [-0.4, -0.2) is 37.9 Å². The molecule has 0 spiro atoms. The van der Waals surface area contributed by atoms with Gasteiger partial charge < -0.3 is 19.8 Å². The predicted molar refractivity (Wildman–Crippen MR) is 127 cm³/mol. The maximum Gasteiger partial charge on any atom is 0.296 e. The number of carbonyl (C=O) groups excluding carboxylic acids is 2. The number of aliphatic hydroxyl groups is 1. The van der Waals surface area contributed by atoms with Crippen LogP contribution in [0, 0.1) is 6.92 Å². The quantitative estimate of drug-likeness (QED) is 0.320. The van der Waals surface area contributed by atoms with Gasteiger partial charge in [-0.3, -0.25) is 14.6 Å². The number of nitrogens with zero attached hydrogens (tertiary/aromatic N) is 2. The van der Waals surface area contributed by atoms with E-state index in [0.717, 1.165) is 5.56 Å². The summed E-state index contributed by atoms with van der Waals surface area (Å²) in [6.45, 7) is 5.79. The zero-order chi connectivity index (χ0) is 24.4. The van der Waals surface area contributed by atoms with Gasteiger partial charge in [-0.05, 0) is 74.4 Å². The molecule has 2 heterocycles. The number of ether oxygens (including phenoxy) is 1. The number of pyridine rings is 1. The van der Waals surface area contributed by atoms with E-state index in [9.17, 15) is 19.8 Å². The molecule has 1 saturated heterocycles. The molecule has 1 unspecified atom stereocenters. The van der Waals surface area contributed by atoms with Crippen molar-refractivity contribution in [1.82, 2.24) is 9.88 Å². The summed E-state index contributed by atoms with van der Waals surface area (Å²) in [6.07, 6.45) is 1.61. The standard InChI is InChI=1S/C27H26N2O5/c1-16(2)34-22-12-9-19(14-17(22)3)25(31)23-24(18-7-10-21(30)11-8-18)29(27(33)26(23)32)15-20-6-4-5-13-28-20/h4-14,16,24,30-31H,15H2,1-3H3/b25-23-. The van der Waals surface area contributed by atoms with Gasteiger partial charge in [-0.25, -0.2) is 0 Å². The van der Waals surface area contributed by atoms with Gasteiger partial charge in [0.1, 0.15) is 17.3 Å². The van der Waals surface area contributed by atoms with E-state index in [2.05, 4.69) is 4.98 Å². The molecule has 0 bridgehead atoms. The molecular weight excluding hydrogens is 432 g/mol. The maximum atomic E-state index is 13.2. The molecule has 1 aliphatic rings. The average Bonchev–Trinajstić information content (AvgIpc) is 3.06. The van der Waals surface area contributed by atoms with Crippen molar-refractivity contribution < 1.29 is 24.5 Å². The molecule has 1 atom stereocenters. The van der Waals surface area contributed by atoms with Crippen LogP contribution in [0.3, 0.4) is 0 Å². The Bertz CT molecular complexity index is 1250. The predicted octanol–water partition coefficient (Wildman–Crippen LogP) is 4.50. The van der Waals surface area contributed by atoms with Gasteiger partial charge in [-0.1, -0.05) is 18.2 Å². The van der Waals surface area contributed by atoms with Crippen molar-refractivity contribution in [2.24, 2.45) is 0 Å². The van der Waals surface area contributed by atoms with Gasteiger partial charge in [0.25, 0.3) is 11.7 Å². The van der Waals surface area contributed by atoms with E-state index in [1.54, 1.807) is 54.7 Å². The smallest absolute Gasteiger partial charge is 0.296 e. The molecule has 3 aromatic rings. The fourth-order valence-corrected chi connectivity index (χ4v) is 4.05. The number of hydrogen-bond acceptors (Lipinski definition) is 6. The number of aliphatic hydroxyl groups excluding tert-OH is 1. The number of aromatic hydroxyl groups is 1. The van der Waals surface area contributed by atoms with Crippen LogP contribution in [0.2, 0.25) is 0 Å². The lowest BCUT2D eigenvalue weighted by Crippen LogP contribution is -2.29. The molecule has 0 saturated carbocycles. The number of carbonyl (C=O) groups is 2. The fraction of sp³-hybridized carbons (Fsp3) is 0.222. The SMILES string of the molecule is Cc1cc(/C(O)=C2/C(=O)C(=O)N(Cc3ccccn3)C2c2ccc(O)cc2)ccc1OC(C)C. The van der Waals surface area contributed by atoms with E-state index in [4.69, 9.17) is 4.74 Å². The highest BCUT2D eigenvalue weighted by atomic mass is 16.5. The number of ketones is 1. The van der Waals surface area contributed by atoms with E-state index in [0.29, 0.717) is 22.6 Å². The molecule has 1 aliphatic heterocycles. The molecule has 4 rings (SSSR count). The summed E-state index contributed by atoms with van der Waals surface area (Å²) >= 11 is 0. The van der Waals surface area contributed by atoms with Crippen LogP contribution in [0.4, 0.5) is 0 Å². The Morgan fingerprint density at radius 3 is 2.44 bits per heavy atom. The zero-order valence-electron chi connectivity index (χ0n) is 19.2. The van der Waals surface area contributed by atoms with E-state index < -0.39 is 17.7 Å². The minimum atomic E-state index is -0.838. The van der Waals surface area contributed by atoms with Crippen LogP contribution in [0.25, 0.3) is 5.76 Å². The lowest BCUT2D eigenvalue weighted by molar-refractivity contribution is -0.140. The number of aromatic nitrogens is 1. The highest BCUT2D eigenvalue weighted by molar-refractivity contribution is 6.46. The van der Waals surface area contributed by atoms with Gasteiger partial charge in [0.05, 0.1) is 30.0 Å². The molecule has 34 heavy (non-hydrogen) atoms. The van der Waals surface area contributed by atoms with Crippen molar-refractivity contribution in [1.29, 1.82) is 0 Å². The molecule has 7 heteroatoms. The third-order valence-electron chi connectivity index (χ3n) is 5.62. The highest BCUT2D eigenvalue weighted by Gasteiger charge is 2.46. The maximum absolute atomic E-state index is 13.2. The first kappa shape index (κ1) is 23.0. The van der Waals surface area contributed by atoms with Crippen LogP contribution < -0.4 is 4.74 Å². The number of aryl methyl sites for hydroxylation is 1. The van der Waals surface area contributed by atoms with Gasteiger partial charge in [-0.2, -0.15) is 0 Å². The van der Waals surface area contributed by atoms with Crippen LogP contribution in [0.1, 0.15) is 42.3 Å². The molecule has 0 aliphatic carbocycles. The Balaban J connectivity index is 1.82. The molecule has 0 radical (unpaired) electrons. The Kier molecular flexibility index (Phi) is 6.36. The first-order chi connectivity index (χ1) is 16.3. The van der Waals surface area contributed by atoms with Gasteiger partial charge in [-0.15, -0.1) is 0 Å². The lowest BCUT2D eigenvalue weighted by atomic mass is 9.94. The monoisotopic (exact) mass is 458 g/mol. The first-order valence-electron chi connectivity index (χ1n) is 11.0. The Morgan fingerprint density at radius 1 is 1.09 bits per heavy atom. The number of Topliss-reactive ketones (excluding diaryl/α,β-unsaturated/α-hetero) is 1. The summed E-state index contributed by atoms with van der Waals surface area (Å²) in [5, 5.41) is 21.0. The molecular formula is C27H26N2O5. The molecule has 2 aromatic carbocycles. The van der Waals surface area contributed by atoms with E-state index in [-0.39, 0.29) is 29.7 Å². The zero-order valence-corrected chi connectivity index (χ0v) is 19.2. The molecule has 174 valence electrons. The number of benzene rings is 2. The third-order valence-corrected chi connectivity index (χ3v) is 5.62. The number of phenols is 1. The number of hydrogen-bond donors (Lipinski definition) is 2. The molecule has 2 N–H and O–H groups in total. The number of rotatable bonds is 6. The minimum Gasteiger partial charge on any atom is -0.508 e. The van der Waals surface area contributed by atoms with Crippen molar-refractivity contribution in [3.8, 4) is 11.5 Å². The molecule has 1 aromatic heterocycles. The highest BCUT2D eigenvalue weighted by Crippen LogP contribution is 2.41. The van der Waals surface area contributed by atoms with Crippen molar-refractivity contribution in [3.05, 3.63) is 94.8 Å². The summed E-state index contributed by atoms with van der Waals surface area (Å²) in [5.74, 6) is -1.02. The summed E-state index contributed by atoms with van der Waals surface area (Å²) in [5.41, 5.74) is 2.39. The minimum absolute atomic E-state index is 0.00966. The van der Waals surface area contributed by atoms with E-state index in [1.165, 1.54) is 17.0 Å². The van der Waals surface area contributed by atoms with E-state index in [1.807, 2.05) is 20.8 Å². The van der Waals surface area contributed by atoms with Crippen molar-refractivity contribution in [2.75, 3.05) is 0 Å². The second-order valence-electron chi connectivity index (χ2n) is 8.49. The number of amides is 1. The van der Waals surface area contributed by atoms with E-state index >= 15 is 0 Å². The summed E-state index contributed by atoms with van der Waals surface area (Å²) < 4.78 is 5.77. The average molecular weight is 459 g/mol. The Labute approximate surface area is 198 Å². The molecule has 7 nitrogen and oxygen atoms in total. The summed E-state index contributed by atoms with van der Waals surface area (Å²) in [4.78, 5) is 31.9. The third kappa shape index (κ3) is 4.50.